The van der Waals surface area contributed by atoms with Gasteiger partial charge in [-0.05, 0) is 57.3 Å². The zero-order valence-electron chi connectivity index (χ0n) is 56.3. The molecule has 3 N–H and O–H groups in total. The molecular weight excluding hydrogens is 1160 g/mol. The molecule has 88 heavy (non-hydrogen) atoms. The lowest BCUT2D eigenvalue weighted by Gasteiger charge is -2.21. The van der Waals surface area contributed by atoms with Gasteiger partial charge in [0.1, 0.15) is 19.3 Å². The highest BCUT2D eigenvalue weighted by Crippen LogP contribution is 2.45. The number of aliphatic hydroxyl groups is 1. The average molecular weight is 1290 g/mol. The van der Waals surface area contributed by atoms with Crippen LogP contribution in [0.15, 0.2) is 24.3 Å². The summed E-state index contributed by atoms with van der Waals surface area (Å²) in [5, 5.41) is 10.6. The molecule has 518 valence electrons. The fourth-order valence-corrected chi connectivity index (χ4v) is 11.5. The summed E-state index contributed by atoms with van der Waals surface area (Å²) < 4.78 is 68.1. The molecule has 0 heterocycles. The molecule has 0 aliphatic rings. The topological polar surface area (TPSA) is 237 Å². The number of ether oxygens (including phenoxy) is 4. The lowest BCUT2D eigenvalue weighted by atomic mass is 10.0. The first-order valence-corrected chi connectivity index (χ1v) is 38.4. The summed E-state index contributed by atoms with van der Waals surface area (Å²) in [4.78, 5) is 72.3. The first-order valence-electron chi connectivity index (χ1n) is 35.5. The van der Waals surface area contributed by atoms with Crippen LogP contribution < -0.4 is 0 Å². The Morgan fingerprint density at radius 1 is 0.352 bits per heavy atom. The maximum Gasteiger partial charge on any atom is 0.472 e. The van der Waals surface area contributed by atoms with Crippen LogP contribution in [-0.2, 0) is 65.4 Å². The number of carbonyl (C=O) groups is 4. The predicted molar refractivity (Wildman–Crippen MR) is 354 cm³/mol. The molecule has 0 aromatic carbocycles. The van der Waals surface area contributed by atoms with Crippen molar-refractivity contribution in [2.45, 2.75) is 348 Å². The largest absolute Gasteiger partial charge is 0.472 e. The van der Waals surface area contributed by atoms with Crippen molar-refractivity contribution >= 4 is 39.5 Å². The van der Waals surface area contributed by atoms with Crippen molar-refractivity contribution in [1.82, 2.24) is 0 Å². The zero-order chi connectivity index (χ0) is 64.9. The highest BCUT2D eigenvalue weighted by Gasteiger charge is 2.30. The molecule has 19 heteroatoms. The van der Waals surface area contributed by atoms with Gasteiger partial charge in [0.2, 0.25) is 0 Å². The molecule has 0 saturated heterocycles. The Hall–Kier alpha value is -2.46. The molecule has 0 aliphatic carbocycles. The maximum absolute atomic E-state index is 13.0. The van der Waals surface area contributed by atoms with Crippen molar-refractivity contribution in [3.05, 3.63) is 24.3 Å². The molecule has 0 amide bonds. The van der Waals surface area contributed by atoms with Crippen molar-refractivity contribution in [3.63, 3.8) is 0 Å². The minimum absolute atomic E-state index is 0.100. The van der Waals surface area contributed by atoms with Crippen molar-refractivity contribution in [2.24, 2.45) is 5.92 Å². The smallest absolute Gasteiger partial charge is 0.462 e. The second kappa shape index (κ2) is 62.0. The van der Waals surface area contributed by atoms with Gasteiger partial charge in [-0.2, -0.15) is 0 Å². The number of phosphoric acid groups is 2. The Labute approximate surface area is 535 Å². The number of esters is 4. The van der Waals surface area contributed by atoms with Crippen LogP contribution >= 0.6 is 15.6 Å². The Kier molecular flexibility index (Phi) is 60.3. The van der Waals surface area contributed by atoms with Crippen LogP contribution in [0, 0.1) is 5.92 Å². The molecule has 0 aromatic rings. The molecule has 0 radical (unpaired) electrons. The van der Waals surface area contributed by atoms with E-state index >= 15 is 0 Å². The Bertz CT molecular complexity index is 1800. The lowest BCUT2D eigenvalue weighted by molar-refractivity contribution is -0.161. The number of allylic oxidation sites excluding steroid dienone is 4. The van der Waals surface area contributed by atoms with Crippen LogP contribution in [0.25, 0.3) is 0 Å². The van der Waals surface area contributed by atoms with E-state index in [2.05, 4.69) is 58.9 Å². The monoisotopic (exact) mass is 1290 g/mol. The van der Waals surface area contributed by atoms with Crippen LogP contribution in [0.2, 0.25) is 0 Å². The van der Waals surface area contributed by atoms with Gasteiger partial charge >= 0.3 is 39.5 Å². The van der Waals surface area contributed by atoms with Gasteiger partial charge in [0, 0.05) is 25.7 Å². The number of carbonyl (C=O) groups excluding carboxylic acids is 4. The van der Waals surface area contributed by atoms with Crippen molar-refractivity contribution in [2.75, 3.05) is 39.6 Å². The van der Waals surface area contributed by atoms with E-state index in [1.54, 1.807) is 0 Å². The normalized spacial score (nSPS) is 14.3. The number of hydrogen-bond donors (Lipinski definition) is 3. The summed E-state index contributed by atoms with van der Waals surface area (Å²) in [5.41, 5.74) is 0. The highest BCUT2D eigenvalue weighted by molar-refractivity contribution is 7.47. The minimum Gasteiger partial charge on any atom is -0.462 e. The van der Waals surface area contributed by atoms with Gasteiger partial charge in [0.05, 0.1) is 26.4 Å². The van der Waals surface area contributed by atoms with Gasteiger partial charge in [0.25, 0.3) is 0 Å². The fraction of sp³-hybridized carbons (Fsp3) is 0.884. The summed E-state index contributed by atoms with van der Waals surface area (Å²) in [6.45, 7) is 7.14. The first kappa shape index (κ1) is 85.5. The zero-order valence-corrected chi connectivity index (χ0v) is 58.1. The van der Waals surface area contributed by atoms with Gasteiger partial charge in [0.15, 0.2) is 12.2 Å². The molecule has 0 aliphatic heterocycles. The van der Waals surface area contributed by atoms with Crippen molar-refractivity contribution in [1.29, 1.82) is 0 Å². The highest BCUT2D eigenvalue weighted by atomic mass is 31.2. The molecule has 0 saturated carbocycles. The predicted octanol–water partition coefficient (Wildman–Crippen LogP) is 19.3. The Morgan fingerprint density at radius 3 is 0.932 bits per heavy atom. The molecule has 0 bridgehead atoms. The quantitative estimate of drug-likeness (QED) is 0.0169. The van der Waals surface area contributed by atoms with Gasteiger partial charge < -0.3 is 33.8 Å². The standard InChI is InChI=1S/C69H130O17P2/c1-6-9-12-15-18-21-22-23-24-27-30-34-38-43-48-53-67(72)80-59-65(86-69(74)55-50-45-40-35-31-28-25-26-29-33-36-41-46-51-62(4)5)61-84-88(77,78)82-57-63(70)56-81-87(75,76)83-60-64(58-79-66(71)52-47-42-37-20-17-14-11-8-3)85-68(73)54-49-44-39-32-19-16-13-10-7-2/h21-24,62-65,70H,6-20,25-61H2,1-5H3,(H,75,76)(H,77,78)/b22-21-,24-23-/t63-,64+,65+/m0/s1. The number of hydrogen-bond acceptors (Lipinski definition) is 15. The number of phosphoric ester groups is 2. The van der Waals surface area contributed by atoms with Crippen molar-refractivity contribution in [3.8, 4) is 0 Å². The third-order valence-corrected chi connectivity index (χ3v) is 17.3. The van der Waals surface area contributed by atoms with Gasteiger partial charge in [-0.1, -0.05) is 277 Å². The lowest BCUT2D eigenvalue weighted by Crippen LogP contribution is -2.30. The summed E-state index contributed by atoms with van der Waals surface area (Å²) in [6.07, 6.45) is 50.8. The second-order valence-corrected chi connectivity index (χ2v) is 27.6. The van der Waals surface area contributed by atoms with E-state index in [-0.39, 0.29) is 25.7 Å². The summed E-state index contributed by atoms with van der Waals surface area (Å²) in [6, 6.07) is 0. The van der Waals surface area contributed by atoms with Crippen LogP contribution in [0.4, 0.5) is 0 Å². The summed E-state index contributed by atoms with van der Waals surface area (Å²) >= 11 is 0. The first-order chi connectivity index (χ1) is 42.5. The summed E-state index contributed by atoms with van der Waals surface area (Å²) in [5.74, 6) is -1.37. The SMILES string of the molecule is CCCCCC/C=C\C=C/CCCCCCCC(=O)OC[C@H](COP(=O)(O)OC[C@@H](O)COP(=O)(O)OC[C@@H](COC(=O)CCCCCCCCCC)OC(=O)CCCCCCCCCCC)OC(=O)CCCCCCCCCCCCCCCC(C)C. The van der Waals surface area contributed by atoms with E-state index in [0.29, 0.717) is 25.7 Å². The third kappa shape index (κ3) is 62.4. The van der Waals surface area contributed by atoms with Crippen molar-refractivity contribution < 1.29 is 80.2 Å². The molecule has 0 rings (SSSR count). The molecule has 17 nitrogen and oxygen atoms in total. The van der Waals surface area contributed by atoms with Gasteiger partial charge in [-0.15, -0.1) is 0 Å². The van der Waals surface area contributed by atoms with Crippen LogP contribution in [-0.4, -0.2) is 96.7 Å². The molecule has 0 spiro atoms. The average Bonchev–Trinajstić information content (AvgIpc) is 3.67. The van der Waals surface area contributed by atoms with Crippen LogP contribution in [0.3, 0.4) is 0 Å². The summed E-state index contributed by atoms with van der Waals surface area (Å²) in [7, 11) is -9.90. The molecular formula is C69H130O17P2. The number of aliphatic hydroxyl groups excluding tert-OH is 1. The molecule has 5 atom stereocenters. The fourth-order valence-electron chi connectivity index (χ4n) is 9.93. The Balaban J connectivity index is 5.24. The van der Waals surface area contributed by atoms with E-state index in [9.17, 15) is 43.2 Å². The van der Waals surface area contributed by atoms with Gasteiger partial charge in [-0.3, -0.25) is 37.3 Å². The van der Waals surface area contributed by atoms with Gasteiger partial charge in [-0.25, -0.2) is 9.13 Å². The maximum atomic E-state index is 13.0. The van der Waals surface area contributed by atoms with E-state index in [4.69, 9.17) is 37.0 Å². The van der Waals surface area contributed by atoms with Crippen LogP contribution in [0.1, 0.15) is 330 Å². The van der Waals surface area contributed by atoms with E-state index in [0.717, 1.165) is 121 Å². The molecule has 0 fully saturated rings. The van der Waals surface area contributed by atoms with E-state index in [1.165, 1.54) is 128 Å². The van der Waals surface area contributed by atoms with E-state index < -0.39 is 97.5 Å². The third-order valence-electron chi connectivity index (χ3n) is 15.4. The minimum atomic E-state index is -4.96. The second-order valence-electron chi connectivity index (χ2n) is 24.7. The molecule has 2 unspecified atom stereocenters. The molecule has 0 aromatic heterocycles. The van der Waals surface area contributed by atoms with E-state index in [1.807, 2.05) is 0 Å². The van der Waals surface area contributed by atoms with Crippen LogP contribution in [0.5, 0.6) is 0 Å². The Morgan fingerprint density at radius 2 is 0.614 bits per heavy atom. The number of unbranched alkanes of at least 4 members (excludes halogenated alkanes) is 36. The number of rotatable bonds is 67.